The molecule has 0 aliphatic carbocycles. The molecule has 17 heavy (non-hydrogen) atoms. The Morgan fingerprint density at radius 2 is 1.94 bits per heavy atom. The maximum absolute atomic E-state index is 11.3. The number of rotatable bonds is 2. The number of hydrogen-bond donors (Lipinski definition) is 0. The van der Waals surface area contributed by atoms with Gasteiger partial charge in [-0.05, 0) is 6.07 Å². The van der Waals surface area contributed by atoms with E-state index in [4.69, 9.17) is 23.2 Å². The monoisotopic (exact) mass is 294 g/mol. The summed E-state index contributed by atoms with van der Waals surface area (Å²) in [5, 5.41) is 0.929. The van der Waals surface area contributed by atoms with E-state index in [-0.39, 0.29) is 11.5 Å². The van der Waals surface area contributed by atoms with E-state index in [2.05, 4.69) is 9.88 Å². The molecule has 0 bridgehead atoms. The van der Waals surface area contributed by atoms with Crippen molar-refractivity contribution in [3.8, 4) is 0 Å². The third-order valence-electron chi connectivity index (χ3n) is 2.73. The summed E-state index contributed by atoms with van der Waals surface area (Å²) in [7, 11) is -2.84. The van der Waals surface area contributed by atoms with Gasteiger partial charge in [-0.1, -0.05) is 23.2 Å². The van der Waals surface area contributed by atoms with Gasteiger partial charge in [-0.3, -0.25) is 4.90 Å². The van der Waals surface area contributed by atoms with Crippen molar-refractivity contribution in [1.29, 1.82) is 0 Å². The summed E-state index contributed by atoms with van der Waals surface area (Å²) in [4.78, 5) is 6.02. The molecule has 1 aromatic heterocycles. The van der Waals surface area contributed by atoms with Gasteiger partial charge in [0.05, 0.1) is 11.5 Å². The smallest absolute Gasteiger partial charge is 0.152 e. The van der Waals surface area contributed by atoms with Crippen LogP contribution in [-0.2, 0) is 16.4 Å². The quantitative estimate of drug-likeness (QED) is 0.778. The highest BCUT2D eigenvalue weighted by Crippen LogP contribution is 2.20. The van der Waals surface area contributed by atoms with Gasteiger partial charge >= 0.3 is 0 Å². The number of aromatic nitrogens is 1. The molecule has 1 aromatic rings. The Morgan fingerprint density at radius 1 is 1.29 bits per heavy atom. The Morgan fingerprint density at radius 3 is 2.53 bits per heavy atom. The number of hydrogen-bond acceptors (Lipinski definition) is 4. The van der Waals surface area contributed by atoms with Gasteiger partial charge in [-0.25, -0.2) is 13.4 Å². The van der Waals surface area contributed by atoms with Crippen LogP contribution >= 0.6 is 23.2 Å². The van der Waals surface area contributed by atoms with E-state index in [0.29, 0.717) is 29.8 Å². The molecule has 0 N–H and O–H groups in total. The summed E-state index contributed by atoms with van der Waals surface area (Å²) in [6.07, 6.45) is 1.63. The molecule has 1 aliphatic rings. The van der Waals surface area contributed by atoms with Crippen LogP contribution in [-0.4, -0.2) is 42.9 Å². The van der Waals surface area contributed by atoms with Crippen molar-refractivity contribution in [2.45, 2.75) is 6.54 Å². The molecule has 0 unspecified atom stereocenters. The van der Waals surface area contributed by atoms with E-state index in [0.717, 1.165) is 5.56 Å². The van der Waals surface area contributed by atoms with Crippen molar-refractivity contribution in [2.24, 2.45) is 0 Å². The minimum Gasteiger partial charge on any atom is -0.297 e. The molecule has 94 valence electrons. The lowest BCUT2D eigenvalue weighted by Gasteiger charge is -2.26. The topological polar surface area (TPSA) is 50.3 Å². The summed E-state index contributed by atoms with van der Waals surface area (Å²) in [5.74, 6) is 0.428. The Balaban J connectivity index is 2.02. The lowest BCUT2D eigenvalue weighted by molar-refractivity contribution is 0.287. The second kappa shape index (κ2) is 5.10. The van der Waals surface area contributed by atoms with E-state index >= 15 is 0 Å². The van der Waals surface area contributed by atoms with Crippen LogP contribution in [0.25, 0.3) is 0 Å². The maximum atomic E-state index is 11.3. The third-order valence-corrected chi connectivity index (χ3v) is 4.90. The van der Waals surface area contributed by atoms with Crippen LogP contribution < -0.4 is 0 Å². The molecular formula is C10H12Cl2N2O2S. The van der Waals surface area contributed by atoms with Crippen LogP contribution in [0, 0.1) is 0 Å². The standard InChI is InChI=1S/C10H12Cl2N2O2S/c11-9-5-10(12)13-6-8(9)7-14-1-3-17(15,16)4-2-14/h5-6H,1-4,7H2. The van der Waals surface area contributed by atoms with Gasteiger partial charge in [-0.15, -0.1) is 0 Å². The minimum absolute atomic E-state index is 0.214. The third kappa shape index (κ3) is 3.55. The SMILES string of the molecule is O=S1(=O)CCN(Cc2cnc(Cl)cc2Cl)CC1. The number of halogens is 2. The molecule has 7 heteroatoms. The molecule has 4 nitrogen and oxygen atoms in total. The highest BCUT2D eigenvalue weighted by molar-refractivity contribution is 7.91. The fourth-order valence-electron chi connectivity index (χ4n) is 1.70. The van der Waals surface area contributed by atoms with E-state index in [1.54, 1.807) is 12.3 Å². The Bertz CT molecular complexity index is 505. The fourth-order valence-corrected chi connectivity index (χ4v) is 3.40. The van der Waals surface area contributed by atoms with E-state index in [1.165, 1.54) is 0 Å². The number of pyridine rings is 1. The largest absolute Gasteiger partial charge is 0.297 e. The van der Waals surface area contributed by atoms with Crippen LogP contribution in [0.1, 0.15) is 5.56 Å². The number of nitrogens with zero attached hydrogens (tertiary/aromatic N) is 2. The lowest BCUT2D eigenvalue weighted by Crippen LogP contribution is -2.39. The van der Waals surface area contributed by atoms with E-state index in [1.807, 2.05) is 0 Å². The van der Waals surface area contributed by atoms with Crippen molar-refractivity contribution >= 4 is 33.0 Å². The molecule has 2 heterocycles. The van der Waals surface area contributed by atoms with E-state index < -0.39 is 9.84 Å². The van der Waals surface area contributed by atoms with Gasteiger partial charge < -0.3 is 0 Å². The summed E-state index contributed by atoms with van der Waals surface area (Å²) >= 11 is 11.7. The zero-order chi connectivity index (χ0) is 12.5. The Kier molecular flexibility index (Phi) is 3.92. The van der Waals surface area contributed by atoms with Gasteiger partial charge in [-0.2, -0.15) is 0 Å². The molecular weight excluding hydrogens is 283 g/mol. The number of sulfone groups is 1. The van der Waals surface area contributed by atoms with Crippen LogP contribution in [0.4, 0.5) is 0 Å². The highest BCUT2D eigenvalue weighted by Gasteiger charge is 2.22. The van der Waals surface area contributed by atoms with Crippen molar-refractivity contribution < 1.29 is 8.42 Å². The molecule has 1 aliphatic heterocycles. The molecule has 0 aromatic carbocycles. The first kappa shape index (κ1) is 13.1. The second-order valence-electron chi connectivity index (χ2n) is 4.03. The van der Waals surface area contributed by atoms with Crippen LogP contribution in [0.5, 0.6) is 0 Å². The van der Waals surface area contributed by atoms with Crippen molar-refractivity contribution in [1.82, 2.24) is 9.88 Å². The van der Waals surface area contributed by atoms with E-state index in [9.17, 15) is 8.42 Å². The summed E-state index contributed by atoms with van der Waals surface area (Å²) in [6.45, 7) is 1.70. The molecule has 1 fully saturated rings. The molecule has 0 spiro atoms. The van der Waals surface area contributed by atoms with Crippen LogP contribution in [0.3, 0.4) is 0 Å². The molecule has 2 rings (SSSR count). The average molecular weight is 295 g/mol. The zero-order valence-corrected chi connectivity index (χ0v) is 11.4. The normalized spacial score (nSPS) is 20.4. The average Bonchev–Trinajstić information content (AvgIpc) is 2.25. The minimum atomic E-state index is -2.84. The predicted molar refractivity (Wildman–Crippen MR) is 68.2 cm³/mol. The molecule has 0 radical (unpaired) electrons. The Hall–Kier alpha value is -0.360. The summed E-state index contributed by atoms with van der Waals surface area (Å²) in [6, 6.07) is 1.60. The van der Waals surface area contributed by atoms with Crippen molar-refractivity contribution in [2.75, 3.05) is 24.6 Å². The molecule has 1 saturated heterocycles. The van der Waals surface area contributed by atoms with Gasteiger partial charge in [0.1, 0.15) is 5.15 Å². The second-order valence-corrected chi connectivity index (χ2v) is 7.12. The van der Waals surface area contributed by atoms with Crippen molar-refractivity contribution in [3.05, 3.63) is 28.0 Å². The van der Waals surface area contributed by atoms with Gasteiger partial charge in [0.25, 0.3) is 0 Å². The van der Waals surface area contributed by atoms with Crippen molar-refractivity contribution in [3.63, 3.8) is 0 Å². The Labute approximate surface area is 110 Å². The first-order chi connectivity index (χ1) is 7.96. The summed E-state index contributed by atoms with van der Waals surface area (Å²) < 4.78 is 22.6. The lowest BCUT2D eigenvalue weighted by atomic mass is 10.2. The van der Waals surface area contributed by atoms with Crippen LogP contribution in [0.2, 0.25) is 10.2 Å². The molecule has 0 amide bonds. The van der Waals surface area contributed by atoms with Crippen LogP contribution in [0.15, 0.2) is 12.3 Å². The van der Waals surface area contributed by atoms with Gasteiger partial charge in [0, 0.05) is 36.4 Å². The molecule has 0 atom stereocenters. The first-order valence-electron chi connectivity index (χ1n) is 5.19. The molecule has 0 saturated carbocycles. The zero-order valence-electron chi connectivity index (χ0n) is 9.07. The fraction of sp³-hybridized carbons (Fsp3) is 0.500. The van der Waals surface area contributed by atoms with Gasteiger partial charge in [0.2, 0.25) is 0 Å². The highest BCUT2D eigenvalue weighted by atomic mass is 35.5. The first-order valence-corrected chi connectivity index (χ1v) is 7.77. The predicted octanol–water partition coefficient (Wildman–Crippen LogP) is 1.62. The summed E-state index contributed by atoms with van der Waals surface area (Å²) in [5.41, 5.74) is 0.871. The maximum Gasteiger partial charge on any atom is 0.152 e. The van der Waals surface area contributed by atoms with Gasteiger partial charge in [0.15, 0.2) is 9.84 Å².